The van der Waals surface area contributed by atoms with Crippen molar-refractivity contribution in [3.05, 3.63) is 56.8 Å². The topological polar surface area (TPSA) is 115 Å². The molecule has 3 N–H and O–H groups in total. The molecule has 0 saturated heterocycles. The lowest BCUT2D eigenvalue weighted by Gasteiger charge is -2.12. The summed E-state index contributed by atoms with van der Waals surface area (Å²) in [5.74, 6) is -1.37. The van der Waals surface area contributed by atoms with Gasteiger partial charge in [0.05, 0.1) is 5.69 Å². The molecule has 0 bridgehead atoms. The fraction of sp³-hybridized carbons (Fsp3) is 0.263. The number of pyridine rings is 1. The van der Waals surface area contributed by atoms with Crippen molar-refractivity contribution < 1.29 is 14.0 Å². The Morgan fingerprint density at radius 3 is 2.59 bits per heavy atom. The van der Waals surface area contributed by atoms with Gasteiger partial charge in [-0.15, -0.1) is 0 Å². The summed E-state index contributed by atoms with van der Waals surface area (Å²) in [6.45, 7) is 4.68. The standard InChI is InChI=1S/C19H19FN4O3/c1-10-14(11(2)22-19(27)15(10)9-21)5-7-18(26)24-17-8-13(23-12(3)25)4-6-16(17)20/h4,6,8H,5,7H2,1-3H3,(H,22,27)(H,23,25)(H,24,26). The maximum Gasteiger partial charge on any atom is 0.266 e. The Morgan fingerprint density at radius 2 is 1.96 bits per heavy atom. The number of hydrogen-bond acceptors (Lipinski definition) is 4. The van der Waals surface area contributed by atoms with Gasteiger partial charge < -0.3 is 15.6 Å². The fourth-order valence-corrected chi connectivity index (χ4v) is 2.77. The number of rotatable bonds is 5. The maximum absolute atomic E-state index is 13.9. The highest BCUT2D eigenvalue weighted by Gasteiger charge is 2.14. The molecule has 1 heterocycles. The van der Waals surface area contributed by atoms with Crippen molar-refractivity contribution in [1.29, 1.82) is 5.26 Å². The predicted octanol–water partition coefficient (Wildman–Crippen LogP) is 2.53. The molecule has 1 aromatic carbocycles. The second-order valence-electron chi connectivity index (χ2n) is 6.09. The quantitative estimate of drug-likeness (QED) is 0.750. The number of benzene rings is 1. The third-order valence-corrected chi connectivity index (χ3v) is 4.08. The van der Waals surface area contributed by atoms with Crippen molar-refractivity contribution in [2.75, 3.05) is 10.6 Å². The average Bonchev–Trinajstić information content (AvgIpc) is 2.57. The Balaban J connectivity index is 2.13. The van der Waals surface area contributed by atoms with E-state index in [9.17, 15) is 18.8 Å². The first kappa shape index (κ1) is 19.8. The van der Waals surface area contributed by atoms with Gasteiger partial charge in [-0.25, -0.2) is 4.39 Å². The molecular formula is C19H19FN4O3. The molecule has 0 saturated carbocycles. The Labute approximate surface area is 155 Å². The number of aryl methyl sites for hydroxylation is 1. The van der Waals surface area contributed by atoms with Gasteiger partial charge in [0.15, 0.2) is 0 Å². The zero-order chi connectivity index (χ0) is 20.1. The highest BCUT2D eigenvalue weighted by atomic mass is 19.1. The summed E-state index contributed by atoms with van der Waals surface area (Å²) in [4.78, 5) is 37.6. The van der Waals surface area contributed by atoms with Crippen LogP contribution in [0.5, 0.6) is 0 Å². The lowest BCUT2D eigenvalue weighted by atomic mass is 9.99. The molecule has 140 valence electrons. The molecule has 0 aliphatic heterocycles. The highest BCUT2D eigenvalue weighted by molar-refractivity contribution is 5.93. The fourth-order valence-electron chi connectivity index (χ4n) is 2.77. The molecule has 27 heavy (non-hydrogen) atoms. The number of carbonyl (C=O) groups excluding carboxylic acids is 2. The number of nitriles is 1. The zero-order valence-corrected chi connectivity index (χ0v) is 15.2. The molecule has 2 amide bonds. The molecule has 0 radical (unpaired) electrons. The number of halogens is 1. The first-order valence-electron chi connectivity index (χ1n) is 8.22. The van der Waals surface area contributed by atoms with Gasteiger partial charge in [0, 0.05) is 24.7 Å². The van der Waals surface area contributed by atoms with E-state index in [1.165, 1.54) is 19.1 Å². The van der Waals surface area contributed by atoms with Crippen molar-refractivity contribution >= 4 is 23.2 Å². The summed E-state index contributed by atoms with van der Waals surface area (Å²) in [5, 5.41) is 14.1. The van der Waals surface area contributed by atoms with Crippen LogP contribution in [0.3, 0.4) is 0 Å². The van der Waals surface area contributed by atoms with Gasteiger partial charge in [0.1, 0.15) is 17.4 Å². The smallest absolute Gasteiger partial charge is 0.266 e. The number of amides is 2. The van der Waals surface area contributed by atoms with Gasteiger partial charge in [-0.3, -0.25) is 14.4 Å². The number of aromatic amines is 1. The van der Waals surface area contributed by atoms with Gasteiger partial charge in [-0.2, -0.15) is 5.26 Å². The van der Waals surface area contributed by atoms with E-state index in [0.717, 1.165) is 6.07 Å². The van der Waals surface area contributed by atoms with Crippen LogP contribution in [-0.4, -0.2) is 16.8 Å². The van der Waals surface area contributed by atoms with Crippen molar-refractivity contribution in [1.82, 2.24) is 4.98 Å². The largest absolute Gasteiger partial charge is 0.326 e. The van der Waals surface area contributed by atoms with Crippen LogP contribution < -0.4 is 16.2 Å². The summed E-state index contributed by atoms with van der Waals surface area (Å²) in [5.41, 5.74) is 1.70. The van der Waals surface area contributed by atoms with Crippen molar-refractivity contribution in [2.24, 2.45) is 0 Å². The summed E-state index contributed by atoms with van der Waals surface area (Å²) in [6.07, 6.45) is 0.310. The number of hydrogen-bond donors (Lipinski definition) is 3. The summed E-state index contributed by atoms with van der Waals surface area (Å²) in [6, 6.07) is 5.73. The molecule has 1 aromatic heterocycles. The summed E-state index contributed by atoms with van der Waals surface area (Å²) in [7, 11) is 0. The Bertz CT molecular complexity index is 1010. The lowest BCUT2D eigenvalue weighted by Crippen LogP contribution is -2.19. The Kier molecular flexibility index (Phi) is 6.08. The number of aromatic nitrogens is 1. The van der Waals surface area contributed by atoms with Crippen LogP contribution in [0.2, 0.25) is 0 Å². The number of carbonyl (C=O) groups is 2. The Hall–Kier alpha value is -3.47. The highest BCUT2D eigenvalue weighted by Crippen LogP contribution is 2.21. The van der Waals surface area contributed by atoms with Crippen LogP contribution in [-0.2, 0) is 16.0 Å². The van der Waals surface area contributed by atoms with Crippen molar-refractivity contribution in [3.8, 4) is 6.07 Å². The van der Waals surface area contributed by atoms with Crippen LogP contribution in [0, 0.1) is 31.0 Å². The van der Waals surface area contributed by atoms with Gasteiger partial charge in [-0.05, 0) is 49.6 Å². The molecule has 0 aliphatic carbocycles. The monoisotopic (exact) mass is 370 g/mol. The third-order valence-electron chi connectivity index (χ3n) is 4.08. The van der Waals surface area contributed by atoms with E-state index < -0.39 is 17.3 Å². The minimum Gasteiger partial charge on any atom is -0.326 e. The molecule has 0 spiro atoms. The SMILES string of the molecule is CC(=O)Nc1ccc(F)c(NC(=O)CCc2c(C)[nH]c(=O)c(C#N)c2C)c1. The van der Waals surface area contributed by atoms with Gasteiger partial charge in [-0.1, -0.05) is 0 Å². The first-order chi connectivity index (χ1) is 12.7. The predicted molar refractivity (Wildman–Crippen MR) is 98.9 cm³/mol. The molecular weight excluding hydrogens is 351 g/mol. The molecule has 7 nitrogen and oxygen atoms in total. The van der Waals surface area contributed by atoms with E-state index in [0.29, 0.717) is 22.5 Å². The first-order valence-corrected chi connectivity index (χ1v) is 8.22. The van der Waals surface area contributed by atoms with E-state index in [4.69, 9.17) is 5.26 Å². The Morgan fingerprint density at radius 1 is 1.26 bits per heavy atom. The van der Waals surface area contributed by atoms with Crippen molar-refractivity contribution in [3.63, 3.8) is 0 Å². The molecule has 0 aliphatic rings. The number of nitrogens with zero attached hydrogens (tertiary/aromatic N) is 1. The van der Waals surface area contributed by atoms with Crippen LogP contribution >= 0.6 is 0 Å². The maximum atomic E-state index is 13.9. The van der Waals surface area contributed by atoms with Gasteiger partial charge >= 0.3 is 0 Å². The van der Waals surface area contributed by atoms with E-state index in [-0.39, 0.29) is 30.0 Å². The molecule has 0 fully saturated rings. The lowest BCUT2D eigenvalue weighted by molar-refractivity contribution is -0.116. The van der Waals surface area contributed by atoms with E-state index in [2.05, 4.69) is 15.6 Å². The third kappa shape index (κ3) is 4.79. The molecule has 0 unspecified atom stereocenters. The number of H-pyrrole nitrogens is 1. The van der Waals surface area contributed by atoms with Crippen LogP contribution in [0.15, 0.2) is 23.0 Å². The summed E-state index contributed by atoms with van der Waals surface area (Å²) >= 11 is 0. The van der Waals surface area contributed by atoms with E-state index >= 15 is 0 Å². The zero-order valence-electron chi connectivity index (χ0n) is 15.2. The second kappa shape index (κ2) is 8.27. The van der Waals surface area contributed by atoms with Crippen LogP contribution in [0.25, 0.3) is 0 Å². The summed E-state index contributed by atoms with van der Waals surface area (Å²) < 4.78 is 13.9. The van der Waals surface area contributed by atoms with Crippen molar-refractivity contribution in [2.45, 2.75) is 33.6 Å². The van der Waals surface area contributed by atoms with Crippen LogP contribution in [0.4, 0.5) is 15.8 Å². The number of nitrogens with one attached hydrogen (secondary N) is 3. The number of anilines is 2. The minimum absolute atomic E-state index is 0.0186. The van der Waals surface area contributed by atoms with Gasteiger partial charge in [0.2, 0.25) is 11.8 Å². The van der Waals surface area contributed by atoms with E-state index in [1.54, 1.807) is 13.8 Å². The van der Waals surface area contributed by atoms with Crippen LogP contribution in [0.1, 0.15) is 35.7 Å². The molecule has 2 aromatic rings. The molecule has 2 rings (SSSR count). The average molecular weight is 370 g/mol. The normalized spacial score (nSPS) is 10.2. The van der Waals surface area contributed by atoms with Gasteiger partial charge in [0.25, 0.3) is 5.56 Å². The minimum atomic E-state index is -0.624. The molecule has 8 heteroatoms. The second-order valence-corrected chi connectivity index (χ2v) is 6.09. The van der Waals surface area contributed by atoms with E-state index in [1.807, 2.05) is 6.07 Å². The molecule has 0 atom stereocenters.